The van der Waals surface area contributed by atoms with E-state index in [4.69, 9.17) is 15.3 Å². The van der Waals surface area contributed by atoms with E-state index >= 15 is 0 Å². The molecule has 0 aromatic rings. The summed E-state index contributed by atoms with van der Waals surface area (Å²) in [5.74, 6) is -3.69. The van der Waals surface area contributed by atoms with Gasteiger partial charge in [0.1, 0.15) is 0 Å². The molecule has 0 saturated heterocycles. The topological polar surface area (TPSA) is 112 Å². The van der Waals surface area contributed by atoms with Crippen molar-refractivity contribution in [3.63, 3.8) is 0 Å². The van der Waals surface area contributed by atoms with E-state index in [1.54, 1.807) is 0 Å². The van der Waals surface area contributed by atoms with Gasteiger partial charge in [0.15, 0.2) is 0 Å². The third-order valence-corrected chi connectivity index (χ3v) is 1.20. The maximum Gasteiger partial charge on any atom is 0.303 e. The molecular weight excluding hydrogens is 180 g/mol. The summed E-state index contributed by atoms with van der Waals surface area (Å²) in [7, 11) is 0. The monoisotopic (exact) mass is 189 g/mol. The molecule has 0 heterocycles. The number of carboxylic acid groups (broad SMARTS) is 3. The molecule has 0 aromatic heterocycles. The average molecular weight is 189 g/mol. The van der Waals surface area contributed by atoms with Crippen molar-refractivity contribution in [2.24, 2.45) is 0 Å². The molecule has 0 aromatic carbocycles. The van der Waals surface area contributed by atoms with Gasteiger partial charge < -0.3 is 15.3 Å². The summed E-state index contributed by atoms with van der Waals surface area (Å²) < 4.78 is 0. The summed E-state index contributed by atoms with van der Waals surface area (Å²) in [6.45, 7) is 0. The molecule has 1 radical (unpaired) electrons. The molecule has 0 amide bonds. The minimum Gasteiger partial charge on any atom is -0.481 e. The van der Waals surface area contributed by atoms with Gasteiger partial charge in [-0.15, -0.1) is 0 Å². The minimum atomic E-state index is -1.22. The second kappa shape index (κ2) is 5.13. The first-order valence-corrected chi connectivity index (χ1v) is 3.40. The molecule has 73 valence electrons. The van der Waals surface area contributed by atoms with Gasteiger partial charge in [-0.3, -0.25) is 14.4 Å². The van der Waals surface area contributed by atoms with E-state index in [9.17, 15) is 14.4 Å². The molecule has 0 unspecified atom stereocenters. The Bertz CT molecular complexity index is 183. The highest BCUT2D eigenvalue weighted by Crippen LogP contribution is 2.16. The van der Waals surface area contributed by atoms with Gasteiger partial charge in [0, 0.05) is 5.92 Å². The molecule has 13 heavy (non-hydrogen) atoms. The third-order valence-electron chi connectivity index (χ3n) is 1.20. The van der Waals surface area contributed by atoms with Gasteiger partial charge in [-0.2, -0.15) is 0 Å². The average Bonchev–Trinajstić information content (AvgIpc) is 1.80. The Hall–Kier alpha value is -1.59. The largest absolute Gasteiger partial charge is 0.481 e. The maximum atomic E-state index is 10.2. The number of carboxylic acids is 3. The quantitative estimate of drug-likeness (QED) is 0.541. The molecule has 6 heteroatoms. The molecular formula is C7H9O6. The highest BCUT2D eigenvalue weighted by atomic mass is 16.4. The van der Waals surface area contributed by atoms with Gasteiger partial charge in [-0.05, 0) is 0 Å². The fourth-order valence-electron chi connectivity index (χ4n) is 0.829. The van der Waals surface area contributed by atoms with Crippen LogP contribution in [0.4, 0.5) is 0 Å². The van der Waals surface area contributed by atoms with Gasteiger partial charge in [-0.1, -0.05) is 0 Å². The lowest BCUT2D eigenvalue weighted by Gasteiger charge is -2.07. The van der Waals surface area contributed by atoms with E-state index in [2.05, 4.69) is 0 Å². The summed E-state index contributed by atoms with van der Waals surface area (Å²) in [5, 5.41) is 24.9. The van der Waals surface area contributed by atoms with Crippen molar-refractivity contribution in [1.82, 2.24) is 0 Å². The van der Waals surface area contributed by atoms with E-state index < -0.39 is 37.2 Å². The van der Waals surface area contributed by atoms with Crippen LogP contribution >= 0.6 is 0 Å². The van der Waals surface area contributed by atoms with Crippen LogP contribution in [0.15, 0.2) is 0 Å². The number of carbonyl (C=O) groups is 3. The zero-order chi connectivity index (χ0) is 10.4. The zero-order valence-corrected chi connectivity index (χ0v) is 6.69. The van der Waals surface area contributed by atoms with Gasteiger partial charge in [0.2, 0.25) is 0 Å². The first-order chi connectivity index (χ1) is 5.91. The molecule has 0 rings (SSSR count). The zero-order valence-electron chi connectivity index (χ0n) is 6.69. The van der Waals surface area contributed by atoms with E-state index in [1.165, 1.54) is 0 Å². The van der Waals surface area contributed by atoms with Crippen LogP contribution in [-0.4, -0.2) is 33.2 Å². The summed E-state index contributed by atoms with van der Waals surface area (Å²) in [6, 6.07) is 0. The van der Waals surface area contributed by atoms with Crippen molar-refractivity contribution in [2.45, 2.75) is 19.3 Å². The van der Waals surface area contributed by atoms with E-state index in [0.717, 1.165) is 0 Å². The molecule has 0 aliphatic carbocycles. The second-order valence-electron chi connectivity index (χ2n) is 2.46. The highest BCUT2D eigenvalue weighted by Gasteiger charge is 2.20. The number of hydrogen-bond donors (Lipinski definition) is 3. The van der Waals surface area contributed by atoms with Crippen LogP contribution < -0.4 is 0 Å². The summed E-state index contributed by atoms with van der Waals surface area (Å²) >= 11 is 0. The lowest BCUT2D eigenvalue weighted by atomic mass is 9.98. The van der Waals surface area contributed by atoms with Crippen LogP contribution in [0.25, 0.3) is 0 Å². The summed E-state index contributed by atoms with van der Waals surface area (Å²) in [5.41, 5.74) is 0. The van der Waals surface area contributed by atoms with Gasteiger partial charge in [-0.25, -0.2) is 0 Å². The van der Waals surface area contributed by atoms with E-state index in [-0.39, 0.29) is 5.92 Å². The molecule has 6 nitrogen and oxygen atoms in total. The molecule has 0 aliphatic rings. The Labute approximate surface area is 73.8 Å². The molecule has 0 fully saturated rings. The Kier molecular flexibility index (Phi) is 4.50. The summed E-state index contributed by atoms with van der Waals surface area (Å²) in [6.07, 6.45) is -1.55. The van der Waals surface area contributed by atoms with Crippen molar-refractivity contribution >= 4 is 17.9 Å². The molecule has 0 atom stereocenters. The first kappa shape index (κ1) is 11.4. The van der Waals surface area contributed by atoms with Crippen LogP contribution in [0.3, 0.4) is 0 Å². The van der Waals surface area contributed by atoms with Gasteiger partial charge >= 0.3 is 17.9 Å². The maximum absolute atomic E-state index is 10.2. The molecule has 3 N–H and O–H groups in total. The van der Waals surface area contributed by atoms with Crippen molar-refractivity contribution in [3.05, 3.63) is 5.92 Å². The Morgan fingerprint density at radius 1 is 0.692 bits per heavy atom. The van der Waals surface area contributed by atoms with Crippen LogP contribution in [0, 0.1) is 5.92 Å². The van der Waals surface area contributed by atoms with Crippen LogP contribution in [-0.2, 0) is 14.4 Å². The normalized spacial score (nSPS) is 9.92. The van der Waals surface area contributed by atoms with Crippen molar-refractivity contribution in [2.75, 3.05) is 0 Å². The third kappa shape index (κ3) is 6.79. The number of rotatable bonds is 6. The minimum absolute atomic E-state index is 0.0208. The number of hydrogen-bond acceptors (Lipinski definition) is 3. The SMILES string of the molecule is O=C(O)C[C](CC(=O)O)CC(=O)O. The fraction of sp³-hybridized carbons (Fsp3) is 0.429. The standard InChI is InChI=1S/C7H9O6/c8-5(9)1-4(2-6(10)11)3-7(12)13/h1-3H2,(H,8,9)(H,10,11)(H,12,13). The van der Waals surface area contributed by atoms with Gasteiger partial charge in [0.25, 0.3) is 0 Å². The fourth-order valence-corrected chi connectivity index (χ4v) is 0.829. The molecule has 0 bridgehead atoms. The first-order valence-electron chi connectivity index (χ1n) is 3.40. The summed E-state index contributed by atoms with van der Waals surface area (Å²) in [4.78, 5) is 30.5. The lowest BCUT2D eigenvalue weighted by Crippen LogP contribution is -2.14. The van der Waals surface area contributed by atoms with Crippen LogP contribution in [0.1, 0.15) is 19.3 Å². The Morgan fingerprint density at radius 2 is 0.923 bits per heavy atom. The van der Waals surface area contributed by atoms with Gasteiger partial charge in [0.05, 0.1) is 19.3 Å². The van der Waals surface area contributed by atoms with Crippen molar-refractivity contribution in [1.29, 1.82) is 0 Å². The Morgan fingerprint density at radius 3 is 1.08 bits per heavy atom. The molecule has 0 aliphatic heterocycles. The van der Waals surface area contributed by atoms with E-state index in [1.807, 2.05) is 0 Å². The van der Waals surface area contributed by atoms with Crippen LogP contribution in [0.5, 0.6) is 0 Å². The van der Waals surface area contributed by atoms with Crippen molar-refractivity contribution in [3.8, 4) is 0 Å². The molecule has 0 spiro atoms. The van der Waals surface area contributed by atoms with Crippen molar-refractivity contribution < 1.29 is 29.7 Å². The molecule has 0 saturated carbocycles. The number of aliphatic carboxylic acids is 3. The predicted molar refractivity (Wildman–Crippen MR) is 40.0 cm³/mol. The highest BCUT2D eigenvalue weighted by molar-refractivity contribution is 5.78. The van der Waals surface area contributed by atoms with E-state index in [0.29, 0.717) is 0 Å². The van der Waals surface area contributed by atoms with Crippen LogP contribution in [0.2, 0.25) is 0 Å². The Balaban J connectivity index is 4.10. The smallest absolute Gasteiger partial charge is 0.303 e. The lowest BCUT2D eigenvalue weighted by molar-refractivity contribution is -0.138. The predicted octanol–water partition coefficient (Wildman–Crippen LogP) is -0.0150. The second-order valence-corrected chi connectivity index (χ2v) is 2.46.